The Bertz CT molecular complexity index is 270. The van der Waals surface area contributed by atoms with Crippen molar-refractivity contribution in [1.29, 1.82) is 0 Å². The largest absolute Gasteiger partial charge is 0.416 e. The molecule has 1 atom stereocenters. The highest BCUT2D eigenvalue weighted by atomic mass is 79.9. The van der Waals surface area contributed by atoms with E-state index in [-0.39, 0.29) is 23.6 Å². The summed E-state index contributed by atoms with van der Waals surface area (Å²) in [6, 6.07) is 0. The molecular formula is C10H25BrCl2N3O3P. The molecule has 0 rings (SSSR count). The van der Waals surface area contributed by atoms with Crippen LogP contribution >= 0.6 is 47.9 Å². The van der Waals surface area contributed by atoms with Crippen LogP contribution in [0.5, 0.6) is 0 Å². The minimum atomic E-state index is -3.85. The van der Waals surface area contributed by atoms with Crippen LogP contribution < -0.4 is 5.20 Å². The van der Waals surface area contributed by atoms with Crippen molar-refractivity contribution < 1.29 is 14.0 Å². The third kappa shape index (κ3) is 11.7. The van der Waals surface area contributed by atoms with Gasteiger partial charge in [-0.3, -0.25) is 4.52 Å². The van der Waals surface area contributed by atoms with E-state index in [1.807, 2.05) is 13.8 Å². The quantitative estimate of drug-likeness (QED) is 0.289. The zero-order chi connectivity index (χ0) is 14.7. The lowest BCUT2D eigenvalue weighted by Crippen LogP contribution is -2.39. The Hall–Kier alpha value is 1.09. The Morgan fingerprint density at radius 1 is 1.15 bits per heavy atom. The molecule has 0 saturated carbocycles. The van der Waals surface area contributed by atoms with E-state index < -0.39 is 7.75 Å². The summed E-state index contributed by atoms with van der Waals surface area (Å²) in [5, 5.41) is 3.94. The van der Waals surface area contributed by atoms with Crippen molar-refractivity contribution >= 4 is 47.9 Å². The van der Waals surface area contributed by atoms with Gasteiger partial charge >= 0.3 is 7.75 Å². The molecule has 0 bridgehead atoms. The second kappa shape index (κ2) is 13.7. The molecular weight excluding hydrogens is 392 g/mol. The van der Waals surface area contributed by atoms with E-state index >= 15 is 0 Å². The van der Waals surface area contributed by atoms with Crippen LogP contribution in [0.2, 0.25) is 0 Å². The van der Waals surface area contributed by atoms with Gasteiger partial charge in [0.05, 0.1) is 6.61 Å². The molecule has 0 aromatic carbocycles. The standard InChI is InChI=1S/C10H24Cl2N3O3P.BrH/c1-3-14(4-2)9-10-18-19(16,17)13-15(7-5-11)8-6-12;/h3-10H2,1-2H3,(H2,13,16,17);1H. The van der Waals surface area contributed by atoms with Gasteiger partial charge in [0.15, 0.2) is 0 Å². The third-order valence-electron chi connectivity index (χ3n) is 2.54. The lowest BCUT2D eigenvalue weighted by molar-refractivity contribution is 0.168. The molecule has 0 aliphatic rings. The number of halogens is 3. The number of nitrogens with one attached hydrogen (secondary N) is 1. The summed E-state index contributed by atoms with van der Waals surface area (Å²) in [5.41, 5.74) is 0. The number of hydrogen-bond acceptors (Lipinski definition) is 4. The highest BCUT2D eigenvalue weighted by molar-refractivity contribution is 8.93. The first-order valence-corrected chi connectivity index (χ1v) is 8.98. The fourth-order valence-corrected chi connectivity index (χ4v) is 2.81. The Kier molecular flexibility index (Phi) is 16.0. The number of likely N-dealkylation sites (N-methyl/N-ethyl adjacent to an activating group) is 1. The summed E-state index contributed by atoms with van der Waals surface area (Å²) in [5.74, 6) is 0.673. The zero-order valence-electron chi connectivity index (χ0n) is 11.9. The number of rotatable bonds is 12. The minimum absolute atomic E-state index is 0. The Morgan fingerprint density at radius 3 is 2.05 bits per heavy atom. The fraction of sp³-hybridized carbons (Fsp3) is 1.00. The number of nitrogens with zero attached hydrogens (tertiary/aromatic N) is 2. The van der Waals surface area contributed by atoms with Gasteiger partial charge in [0, 0.05) is 31.4 Å². The molecule has 0 saturated heterocycles. The molecule has 10 heteroatoms. The Labute approximate surface area is 142 Å². The summed E-state index contributed by atoms with van der Waals surface area (Å²) in [6.45, 7) is 7.46. The number of hydrazine groups is 1. The summed E-state index contributed by atoms with van der Waals surface area (Å²) in [4.78, 5) is 11.8. The van der Waals surface area contributed by atoms with E-state index in [0.717, 1.165) is 13.1 Å². The van der Waals surface area contributed by atoms with Crippen LogP contribution in [-0.2, 0) is 9.09 Å². The molecule has 2 N–H and O–H groups in total. The SMILES string of the molecule is Br.CCN(CC)CCOP(=O)(O)NN(CCCl)CCCl. The van der Waals surface area contributed by atoms with Gasteiger partial charge < -0.3 is 9.79 Å². The van der Waals surface area contributed by atoms with Crippen molar-refractivity contribution in [2.75, 3.05) is 51.1 Å². The second-order valence-electron chi connectivity index (χ2n) is 3.85. The first kappa shape index (κ1) is 23.4. The van der Waals surface area contributed by atoms with Crippen LogP contribution in [-0.4, -0.2) is 65.9 Å². The molecule has 0 heterocycles. The van der Waals surface area contributed by atoms with Gasteiger partial charge in [-0.1, -0.05) is 13.8 Å². The smallest absolute Gasteiger partial charge is 0.312 e. The molecule has 0 amide bonds. The summed E-state index contributed by atoms with van der Waals surface area (Å²) < 4.78 is 16.8. The molecule has 0 aliphatic carbocycles. The number of alkyl halides is 2. The molecule has 124 valence electrons. The first-order valence-electron chi connectivity index (χ1n) is 6.33. The van der Waals surface area contributed by atoms with Gasteiger partial charge in [0.1, 0.15) is 0 Å². The first-order chi connectivity index (χ1) is 8.99. The van der Waals surface area contributed by atoms with E-state index in [9.17, 15) is 9.46 Å². The van der Waals surface area contributed by atoms with Crippen molar-refractivity contribution in [3.05, 3.63) is 0 Å². The fourth-order valence-electron chi connectivity index (χ4n) is 1.46. The van der Waals surface area contributed by atoms with Gasteiger partial charge in [-0.25, -0.2) is 9.57 Å². The highest BCUT2D eigenvalue weighted by Gasteiger charge is 2.22. The monoisotopic (exact) mass is 415 g/mol. The maximum Gasteiger partial charge on any atom is 0.416 e. The van der Waals surface area contributed by atoms with Crippen molar-refractivity contribution in [3.8, 4) is 0 Å². The van der Waals surface area contributed by atoms with Crippen LogP contribution in [0.25, 0.3) is 0 Å². The lowest BCUT2D eigenvalue weighted by Gasteiger charge is -2.25. The zero-order valence-corrected chi connectivity index (χ0v) is 16.0. The minimum Gasteiger partial charge on any atom is -0.312 e. The Balaban J connectivity index is 0. The molecule has 6 nitrogen and oxygen atoms in total. The van der Waals surface area contributed by atoms with E-state index in [0.29, 0.717) is 31.4 Å². The van der Waals surface area contributed by atoms with Crippen molar-refractivity contribution in [1.82, 2.24) is 15.1 Å². The van der Waals surface area contributed by atoms with E-state index in [1.54, 1.807) is 0 Å². The predicted molar refractivity (Wildman–Crippen MR) is 90.0 cm³/mol. The molecule has 0 aromatic heterocycles. The third-order valence-corrected chi connectivity index (χ3v) is 3.95. The van der Waals surface area contributed by atoms with E-state index in [4.69, 9.17) is 27.7 Å². The topological polar surface area (TPSA) is 65.0 Å². The molecule has 0 spiro atoms. The van der Waals surface area contributed by atoms with Crippen molar-refractivity contribution in [3.63, 3.8) is 0 Å². The molecule has 20 heavy (non-hydrogen) atoms. The van der Waals surface area contributed by atoms with Gasteiger partial charge in [-0.05, 0) is 13.1 Å². The van der Waals surface area contributed by atoms with Crippen molar-refractivity contribution in [2.24, 2.45) is 0 Å². The molecule has 1 unspecified atom stereocenters. The number of hydrogen-bond donors (Lipinski definition) is 2. The van der Waals surface area contributed by atoms with Gasteiger partial charge in [-0.15, -0.1) is 40.2 Å². The van der Waals surface area contributed by atoms with E-state index in [2.05, 4.69) is 10.1 Å². The highest BCUT2D eigenvalue weighted by Crippen LogP contribution is 2.36. The van der Waals surface area contributed by atoms with Gasteiger partial charge in [0.25, 0.3) is 0 Å². The summed E-state index contributed by atoms with van der Waals surface area (Å²) >= 11 is 11.2. The van der Waals surface area contributed by atoms with Crippen LogP contribution in [0.1, 0.15) is 13.8 Å². The van der Waals surface area contributed by atoms with Crippen molar-refractivity contribution in [2.45, 2.75) is 13.8 Å². The van der Waals surface area contributed by atoms with Crippen LogP contribution in [0.3, 0.4) is 0 Å². The maximum atomic E-state index is 11.8. The van der Waals surface area contributed by atoms with E-state index in [1.165, 1.54) is 5.01 Å². The van der Waals surface area contributed by atoms with Crippen LogP contribution in [0, 0.1) is 0 Å². The summed E-state index contributed by atoms with van der Waals surface area (Å²) in [6.07, 6.45) is 0. The van der Waals surface area contributed by atoms with Gasteiger partial charge in [-0.2, -0.15) is 5.20 Å². The summed E-state index contributed by atoms with van der Waals surface area (Å²) in [7, 11) is -3.85. The average Bonchev–Trinajstić information content (AvgIpc) is 2.35. The molecule has 0 aromatic rings. The second-order valence-corrected chi connectivity index (χ2v) is 6.10. The normalized spacial score (nSPS) is 14.3. The van der Waals surface area contributed by atoms with Crippen LogP contribution in [0.15, 0.2) is 0 Å². The van der Waals surface area contributed by atoms with Gasteiger partial charge in [0.2, 0.25) is 0 Å². The Morgan fingerprint density at radius 2 is 1.65 bits per heavy atom. The predicted octanol–water partition coefficient (Wildman–Crippen LogP) is 2.31. The average molecular weight is 417 g/mol. The molecule has 0 radical (unpaired) electrons. The lowest BCUT2D eigenvalue weighted by atomic mass is 10.5. The maximum absolute atomic E-state index is 11.8. The van der Waals surface area contributed by atoms with Crippen LogP contribution in [0.4, 0.5) is 0 Å². The molecule has 0 fully saturated rings. The molecule has 0 aliphatic heterocycles.